The number of hydrogen-bond donors (Lipinski definition) is 0. The maximum atomic E-state index is 7.28. The highest BCUT2D eigenvalue weighted by atomic mass is 31.1. The molecular formula is C84H120NO9P3. The van der Waals surface area contributed by atoms with Gasteiger partial charge in [0.2, 0.25) is 0 Å². The Balaban J connectivity index is 1.18. The highest BCUT2D eigenvalue weighted by molar-refractivity contribution is 7.32. The second kappa shape index (κ2) is 28.0. The molecular weight excluding hydrogens is 1260 g/mol. The fourth-order valence-corrected chi connectivity index (χ4v) is 15.8. The number of aryl methyl sites for hydroxylation is 2. The Hall–Kier alpha value is -5.14. The van der Waals surface area contributed by atoms with Gasteiger partial charge in [0, 0.05) is 63.1 Å². The number of rotatable bonds is 16. The molecule has 3 aromatic heterocycles. The predicted octanol–water partition coefficient (Wildman–Crippen LogP) is 26.2. The Morgan fingerprint density at radius 2 is 0.526 bits per heavy atom. The zero-order valence-electron chi connectivity index (χ0n) is 65.2. The van der Waals surface area contributed by atoms with Crippen molar-refractivity contribution in [3.05, 3.63) is 140 Å². The van der Waals surface area contributed by atoms with Crippen LogP contribution in [0.3, 0.4) is 0 Å². The van der Waals surface area contributed by atoms with Gasteiger partial charge in [-0.3, -0.25) is 18.5 Å². The summed E-state index contributed by atoms with van der Waals surface area (Å²) in [5, 5.41) is 6.26. The van der Waals surface area contributed by atoms with Crippen molar-refractivity contribution in [3.8, 4) is 0 Å². The van der Waals surface area contributed by atoms with Gasteiger partial charge in [-0.1, -0.05) is 244 Å². The van der Waals surface area contributed by atoms with E-state index in [9.17, 15) is 0 Å². The zero-order chi connectivity index (χ0) is 71.8. The molecule has 0 spiro atoms. The summed E-state index contributed by atoms with van der Waals surface area (Å²) in [7, 11) is -5.85. The monoisotopic (exact) mass is 1380 g/mol. The molecule has 2 unspecified atom stereocenters. The lowest BCUT2D eigenvalue weighted by Crippen LogP contribution is -2.35. The minimum absolute atomic E-state index is 0.0963. The molecule has 530 valence electrons. The topological polar surface area (TPSA) is 110 Å². The standard InChI is InChI=1S/C84H120NO9P3/c1-31-53-39-55(77(7,8)9)43-63-65-45-57(79(13,14)15)41-61(51(3)4)73(65)91-95(89-71(53)63)86-36-33-85(34-37-87-96-90-72-54(32-2)40-56(78(10,11)12)44-64(72)66-46-58(80(16,17)18)42-62(52(5)6)74(66)92-96)35-38-88-97-93-75-67(47-59(81(19,20)21)49-69(75)83(25,26)27)68-48-60(82(22,23)24)50-70(76(68)94-97)84(28,29)30/h39-52H,31-38H2,1-30H3. The highest BCUT2D eigenvalue weighted by Crippen LogP contribution is 2.48. The Morgan fingerprint density at radius 1 is 0.299 bits per heavy atom. The second-order valence-corrected chi connectivity index (χ2v) is 39.5. The van der Waals surface area contributed by atoms with Crippen LogP contribution >= 0.6 is 24.7 Å². The third kappa shape index (κ3) is 17.1. The molecule has 3 heterocycles. The summed E-state index contributed by atoms with van der Waals surface area (Å²) in [5.74, 6) is 0.344. The van der Waals surface area contributed by atoms with Gasteiger partial charge in [0.25, 0.3) is 0 Å². The van der Waals surface area contributed by atoms with Gasteiger partial charge in [0.1, 0.15) is 33.5 Å². The molecule has 97 heavy (non-hydrogen) atoms. The van der Waals surface area contributed by atoms with Crippen molar-refractivity contribution >= 4 is 90.5 Å². The smallest absolute Gasteiger partial charge is 0.387 e. The fourth-order valence-electron chi connectivity index (χ4n) is 12.6. The van der Waals surface area contributed by atoms with Crippen LogP contribution in [0.5, 0.6) is 0 Å². The molecule has 13 heteroatoms. The summed E-state index contributed by atoms with van der Waals surface area (Å²) >= 11 is 0. The number of benzene rings is 6. The van der Waals surface area contributed by atoms with E-state index in [-0.39, 0.29) is 61.8 Å². The van der Waals surface area contributed by atoms with E-state index in [0.29, 0.717) is 32.8 Å². The van der Waals surface area contributed by atoms with E-state index in [1.165, 1.54) is 33.4 Å². The first-order chi connectivity index (χ1) is 44.7. The second-order valence-electron chi connectivity index (χ2n) is 36.3. The first kappa shape index (κ1) is 76.0. The van der Waals surface area contributed by atoms with Gasteiger partial charge in [-0.25, -0.2) is 0 Å². The van der Waals surface area contributed by atoms with Crippen LogP contribution in [0.1, 0.15) is 286 Å². The summed E-state index contributed by atoms with van der Waals surface area (Å²) < 4.78 is 64.3. The summed E-state index contributed by atoms with van der Waals surface area (Å²) in [4.78, 5) is 2.33. The SMILES string of the molecule is CCc1cc(C(C)(C)C)cc2c1op(OCCN(CCOp1oc3c(CC)cc(C(C)(C)C)cc3c3cc(C(C)(C)C)cc(C(C)C)c3o1)CCOp1oc3c(C(C)(C)C)cc(C(C)(C)C)cc3c3cc(C(C)(C)C)cc(C(C)(C)C)c3o1)oc1c(C(C)C)cc(C(C)(C)C)cc12. The van der Waals surface area contributed by atoms with Crippen molar-refractivity contribution in [2.45, 2.75) is 276 Å². The zero-order valence-corrected chi connectivity index (χ0v) is 67.9. The van der Waals surface area contributed by atoms with Gasteiger partial charge in [-0.05, 0) is 160 Å². The average Bonchev–Trinajstić information content (AvgIpc) is 1.73. The van der Waals surface area contributed by atoms with Gasteiger partial charge < -0.3 is 25.2 Å². The number of fused-ring (bicyclic) bond motifs is 9. The minimum Gasteiger partial charge on any atom is -0.399 e. The van der Waals surface area contributed by atoms with E-state index in [2.05, 4.69) is 285 Å². The van der Waals surface area contributed by atoms with Gasteiger partial charge >= 0.3 is 24.7 Å². The van der Waals surface area contributed by atoms with Gasteiger partial charge in [0.15, 0.2) is 0 Å². The van der Waals surface area contributed by atoms with E-state index in [1.54, 1.807) is 0 Å². The first-order valence-corrected chi connectivity index (χ1v) is 39.2. The molecule has 6 aromatic carbocycles. The van der Waals surface area contributed by atoms with Crippen LogP contribution in [0.2, 0.25) is 0 Å². The van der Waals surface area contributed by atoms with Crippen LogP contribution in [0.4, 0.5) is 0 Å². The molecule has 2 atom stereocenters. The lowest BCUT2D eigenvalue weighted by atomic mass is 9.77. The van der Waals surface area contributed by atoms with Gasteiger partial charge in [0.05, 0.1) is 19.8 Å². The van der Waals surface area contributed by atoms with E-state index in [1.807, 2.05) is 0 Å². The van der Waals surface area contributed by atoms with Crippen molar-refractivity contribution in [1.82, 2.24) is 4.90 Å². The van der Waals surface area contributed by atoms with Crippen molar-refractivity contribution in [2.75, 3.05) is 39.5 Å². The molecule has 0 amide bonds. The minimum atomic E-state index is -1.98. The predicted molar refractivity (Wildman–Crippen MR) is 416 cm³/mol. The third-order valence-corrected chi connectivity index (χ3v) is 22.4. The number of hydrogen-bond acceptors (Lipinski definition) is 10. The van der Waals surface area contributed by atoms with Crippen LogP contribution in [0, 0.1) is 0 Å². The summed E-state index contributed by atoms with van der Waals surface area (Å²) in [6.45, 7) is 70.5. The maximum Gasteiger partial charge on any atom is 0.387 e. The lowest BCUT2D eigenvalue weighted by molar-refractivity contribution is 0.183. The normalized spacial score (nSPS) is 13.9. The van der Waals surface area contributed by atoms with Crippen molar-refractivity contribution in [3.63, 3.8) is 0 Å². The van der Waals surface area contributed by atoms with Crippen molar-refractivity contribution in [2.24, 2.45) is 0 Å². The highest BCUT2D eigenvalue weighted by Gasteiger charge is 2.31. The molecule has 0 saturated heterocycles. The molecule has 0 N–H and O–H groups in total. The van der Waals surface area contributed by atoms with Crippen LogP contribution in [-0.4, -0.2) is 44.4 Å². The van der Waals surface area contributed by atoms with Crippen LogP contribution in [-0.2, 0) is 56.2 Å². The first-order valence-electron chi connectivity index (χ1n) is 35.9. The molecule has 0 fully saturated rings. The Bertz CT molecular complexity index is 4220. The Labute approximate surface area is 585 Å². The van der Waals surface area contributed by atoms with E-state index >= 15 is 0 Å². The van der Waals surface area contributed by atoms with E-state index in [0.717, 1.165) is 112 Å². The quantitative estimate of drug-likeness (QED) is 0.0927. The van der Waals surface area contributed by atoms with Crippen LogP contribution in [0.15, 0.2) is 98.0 Å². The third-order valence-electron chi connectivity index (χ3n) is 19.2. The molecule has 9 aromatic rings. The number of nitrogens with zero attached hydrogens (tertiary/aromatic N) is 1. The van der Waals surface area contributed by atoms with Crippen LogP contribution < -0.4 is 13.6 Å². The Kier molecular flexibility index (Phi) is 22.0. The molecule has 0 aliphatic rings. The molecule has 0 saturated carbocycles. The summed E-state index contributed by atoms with van der Waals surface area (Å²) in [5.41, 5.74) is 18.0. The maximum absolute atomic E-state index is 7.28. The van der Waals surface area contributed by atoms with E-state index < -0.39 is 24.7 Å². The van der Waals surface area contributed by atoms with Gasteiger partial charge in [-0.15, -0.1) is 0 Å². The average molecular weight is 1380 g/mol. The molecule has 0 bridgehead atoms. The Morgan fingerprint density at radius 3 is 0.773 bits per heavy atom. The van der Waals surface area contributed by atoms with E-state index in [4.69, 9.17) is 38.8 Å². The summed E-state index contributed by atoms with van der Waals surface area (Å²) in [6, 6.07) is 28.0. The molecule has 0 aliphatic carbocycles. The van der Waals surface area contributed by atoms with Crippen LogP contribution in [0.25, 0.3) is 65.8 Å². The molecule has 0 radical (unpaired) electrons. The lowest BCUT2D eigenvalue weighted by Gasteiger charge is -2.27. The molecule has 9 rings (SSSR count). The van der Waals surface area contributed by atoms with Crippen molar-refractivity contribution < 1.29 is 38.8 Å². The van der Waals surface area contributed by atoms with Crippen molar-refractivity contribution in [1.29, 1.82) is 0 Å². The molecule has 10 nitrogen and oxygen atoms in total. The van der Waals surface area contributed by atoms with Gasteiger partial charge in [-0.2, -0.15) is 0 Å². The largest absolute Gasteiger partial charge is 0.399 e. The summed E-state index contributed by atoms with van der Waals surface area (Å²) in [6.07, 6.45) is 1.57. The molecule has 0 aliphatic heterocycles. The fraction of sp³-hybridized carbons (Fsp3) is 0.571.